The van der Waals surface area contributed by atoms with Crippen molar-refractivity contribution in [3.63, 3.8) is 0 Å². The summed E-state index contributed by atoms with van der Waals surface area (Å²) in [5.41, 5.74) is 0. The van der Waals surface area contributed by atoms with E-state index < -0.39 is 86.8 Å². The van der Waals surface area contributed by atoms with Crippen LogP contribution in [-0.4, -0.2) is 140 Å². The van der Waals surface area contributed by atoms with E-state index >= 15 is 0 Å². The van der Waals surface area contributed by atoms with Crippen molar-refractivity contribution in [3.05, 3.63) is 24.3 Å². The molecule has 0 aromatic heterocycles. The summed E-state index contributed by atoms with van der Waals surface area (Å²) in [7, 11) is 0. The predicted molar refractivity (Wildman–Crippen MR) is 272 cm³/mol. The fourth-order valence-electron chi connectivity index (χ4n) is 9.33. The minimum Gasteiger partial charge on any atom is -0.394 e. The van der Waals surface area contributed by atoms with Crippen LogP contribution in [0, 0.1) is 0 Å². The van der Waals surface area contributed by atoms with Crippen LogP contribution in [0.4, 0.5) is 0 Å². The molecule has 9 N–H and O–H groups in total. The maximum atomic E-state index is 13.2. The van der Waals surface area contributed by atoms with Crippen molar-refractivity contribution >= 4 is 5.91 Å². The van der Waals surface area contributed by atoms with Crippen LogP contribution >= 0.6 is 0 Å². The lowest BCUT2D eigenvalue weighted by atomic mass is 9.97. The van der Waals surface area contributed by atoms with E-state index in [1.807, 2.05) is 0 Å². The van der Waals surface area contributed by atoms with Crippen LogP contribution in [0.5, 0.6) is 0 Å². The van der Waals surface area contributed by atoms with Crippen molar-refractivity contribution in [1.82, 2.24) is 5.32 Å². The van der Waals surface area contributed by atoms with Crippen molar-refractivity contribution in [2.45, 2.75) is 299 Å². The molecule has 406 valence electrons. The first-order valence-corrected chi connectivity index (χ1v) is 28.1. The Kier molecular flexibility index (Phi) is 38.6. The van der Waals surface area contributed by atoms with Gasteiger partial charge in [-0.15, -0.1) is 0 Å². The molecule has 0 radical (unpaired) electrons. The van der Waals surface area contributed by atoms with Gasteiger partial charge in [-0.25, -0.2) is 0 Å². The van der Waals surface area contributed by atoms with Gasteiger partial charge in [0, 0.05) is 6.42 Å². The number of ether oxygens (including phenoxy) is 4. The summed E-state index contributed by atoms with van der Waals surface area (Å²) in [5.74, 6) is -0.208. The van der Waals surface area contributed by atoms with Crippen LogP contribution in [0.25, 0.3) is 0 Å². The van der Waals surface area contributed by atoms with E-state index in [0.29, 0.717) is 12.8 Å². The van der Waals surface area contributed by atoms with E-state index in [4.69, 9.17) is 18.9 Å². The van der Waals surface area contributed by atoms with Gasteiger partial charge in [-0.1, -0.05) is 199 Å². The number of rotatable bonds is 44. The highest BCUT2D eigenvalue weighted by atomic mass is 16.7. The Bertz CT molecular complexity index is 1260. The molecule has 2 heterocycles. The van der Waals surface area contributed by atoms with Crippen LogP contribution in [0.2, 0.25) is 0 Å². The molecule has 2 saturated heterocycles. The first-order chi connectivity index (χ1) is 33.6. The molecule has 12 atom stereocenters. The van der Waals surface area contributed by atoms with Crippen LogP contribution in [0.1, 0.15) is 226 Å². The second kappa shape index (κ2) is 41.9. The molecule has 0 aromatic rings. The van der Waals surface area contributed by atoms with Crippen LogP contribution < -0.4 is 5.32 Å². The normalized spacial score (nSPS) is 26.3. The zero-order valence-corrected chi connectivity index (χ0v) is 43.3. The fourth-order valence-corrected chi connectivity index (χ4v) is 9.33. The average Bonchev–Trinajstić information content (AvgIpc) is 3.35. The molecule has 69 heavy (non-hydrogen) atoms. The maximum absolute atomic E-state index is 13.2. The monoisotopic (exact) mass is 986 g/mol. The Morgan fingerprint density at radius 3 is 1.45 bits per heavy atom. The number of unbranched alkanes of at least 4 members (excludes halogenated alkanes) is 27. The highest BCUT2D eigenvalue weighted by Crippen LogP contribution is 2.30. The Balaban J connectivity index is 1.70. The molecule has 2 aliphatic heterocycles. The molecule has 2 aliphatic rings. The molecule has 2 fully saturated rings. The Labute approximate surface area is 418 Å². The van der Waals surface area contributed by atoms with E-state index in [2.05, 4.69) is 43.5 Å². The standard InChI is InChI=1S/C55H103NO13/c1-3-5-7-9-11-13-15-16-17-18-19-20-21-22-23-24-25-26-27-28-29-31-33-35-37-39-47(60)56-43(44(59)38-36-34-32-30-14-12-10-8-6-4-2)42-66-54-52(65)50(63)53(46(41-58)68-54)69-55-51(64)49(62)48(61)45(40-57)67-55/h15-16,18-19,43-46,48-55,57-59,61-65H,3-14,17,20-42H2,1-2H3,(H,56,60)/b16-15-,19-18-. The number of carbonyl (C=O) groups excluding carboxylic acids is 1. The second-order valence-electron chi connectivity index (χ2n) is 20.1. The molecule has 14 nitrogen and oxygen atoms in total. The van der Waals surface area contributed by atoms with Gasteiger partial charge >= 0.3 is 0 Å². The van der Waals surface area contributed by atoms with E-state index in [0.717, 1.165) is 57.8 Å². The molecule has 0 saturated carbocycles. The smallest absolute Gasteiger partial charge is 0.220 e. The number of hydrogen-bond donors (Lipinski definition) is 9. The van der Waals surface area contributed by atoms with Crippen LogP contribution in [-0.2, 0) is 23.7 Å². The van der Waals surface area contributed by atoms with Crippen molar-refractivity contribution in [1.29, 1.82) is 0 Å². The first-order valence-electron chi connectivity index (χ1n) is 28.1. The van der Waals surface area contributed by atoms with Crippen LogP contribution in [0.3, 0.4) is 0 Å². The summed E-state index contributed by atoms with van der Waals surface area (Å²) in [6, 6.07) is -0.825. The highest BCUT2D eigenvalue weighted by molar-refractivity contribution is 5.76. The van der Waals surface area contributed by atoms with Gasteiger partial charge in [-0.2, -0.15) is 0 Å². The molecular formula is C55H103NO13. The topological polar surface area (TPSA) is 228 Å². The summed E-state index contributed by atoms with van der Waals surface area (Å²) in [6.07, 6.45) is 30.5. The number of aliphatic hydroxyl groups excluding tert-OH is 8. The fraction of sp³-hybridized carbons (Fsp3) is 0.909. The predicted octanol–water partition coefficient (Wildman–Crippen LogP) is 8.50. The minimum atomic E-state index is -1.78. The zero-order valence-electron chi connectivity index (χ0n) is 43.3. The molecule has 0 bridgehead atoms. The summed E-state index contributed by atoms with van der Waals surface area (Å²) < 4.78 is 22.8. The quantitative estimate of drug-likeness (QED) is 0.0206. The Hall–Kier alpha value is -1.53. The number of aliphatic hydroxyl groups is 8. The third-order valence-electron chi connectivity index (χ3n) is 13.9. The number of hydrogen-bond acceptors (Lipinski definition) is 13. The Morgan fingerprint density at radius 2 is 0.957 bits per heavy atom. The average molecular weight is 986 g/mol. The van der Waals surface area contributed by atoms with Crippen molar-refractivity contribution in [2.75, 3.05) is 19.8 Å². The van der Waals surface area contributed by atoms with Crippen molar-refractivity contribution in [3.8, 4) is 0 Å². The SMILES string of the molecule is CCCCCCC/C=C\C/C=C\CCCCCCCCCCCCCCCC(=O)NC(COC1OC(CO)C(OC2OC(CO)C(O)C(O)C2O)C(O)C1O)C(O)CCCCCCCCCCCC. The zero-order chi connectivity index (χ0) is 50.3. The van der Waals surface area contributed by atoms with Gasteiger partial charge in [-0.05, 0) is 44.9 Å². The Morgan fingerprint density at radius 1 is 0.522 bits per heavy atom. The number of nitrogens with one attached hydrogen (secondary N) is 1. The number of carbonyl (C=O) groups is 1. The molecule has 12 unspecified atom stereocenters. The van der Waals surface area contributed by atoms with Gasteiger partial charge in [0.1, 0.15) is 48.8 Å². The molecule has 14 heteroatoms. The van der Waals surface area contributed by atoms with E-state index in [9.17, 15) is 45.6 Å². The van der Waals surface area contributed by atoms with Gasteiger partial charge in [0.05, 0.1) is 32.0 Å². The van der Waals surface area contributed by atoms with E-state index in [1.165, 1.54) is 141 Å². The number of amides is 1. The first kappa shape index (κ1) is 63.6. The lowest BCUT2D eigenvalue weighted by molar-refractivity contribution is -0.359. The third-order valence-corrected chi connectivity index (χ3v) is 13.9. The highest BCUT2D eigenvalue weighted by Gasteiger charge is 2.51. The molecule has 2 rings (SSSR count). The van der Waals surface area contributed by atoms with E-state index in [-0.39, 0.29) is 12.5 Å². The lowest BCUT2D eigenvalue weighted by Gasteiger charge is -2.46. The molecular weight excluding hydrogens is 883 g/mol. The van der Waals surface area contributed by atoms with Crippen molar-refractivity contribution < 1.29 is 64.6 Å². The molecule has 0 aromatic carbocycles. The van der Waals surface area contributed by atoms with E-state index in [1.54, 1.807) is 0 Å². The van der Waals surface area contributed by atoms with Crippen LogP contribution in [0.15, 0.2) is 24.3 Å². The van der Waals surface area contributed by atoms with Crippen molar-refractivity contribution in [2.24, 2.45) is 0 Å². The summed E-state index contributed by atoms with van der Waals surface area (Å²) in [4.78, 5) is 13.2. The van der Waals surface area contributed by atoms with Gasteiger partial charge in [-0.3, -0.25) is 4.79 Å². The molecule has 1 amide bonds. The lowest BCUT2D eigenvalue weighted by Crippen LogP contribution is -2.65. The minimum absolute atomic E-state index is 0.208. The summed E-state index contributed by atoms with van der Waals surface area (Å²) >= 11 is 0. The maximum Gasteiger partial charge on any atom is 0.220 e. The molecule has 0 aliphatic carbocycles. The van der Waals surface area contributed by atoms with Gasteiger partial charge in [0.15, 0.2) is 12.6 Å². The third kappa shape index (κ3) is 28.5. The number of allylic oxidation sites excluding steroid dienone is 4. The summed E-state index contributed by atoms with van der Waals surface area (Å²) in [6.45, 7) is 2.83. The van der Waals surface area contributed by atoms with Gasteiger partial charge < -0.3 is 65.1 Å². The largest absolute Gasteiger partial charge is 0.394 e. The molecule has 0 spiro atoms. The van der Waals surface area contributed by atoms with Gasteiger partial charge in [0.25, 0.3) is 0 Å². The second-order valence-corrected chi connectivity index (χ2v) is 20.1. The summed E-state index contributed by atoms with van der Waals surface area (Å²) in [5, 5.41) is 86.9. The van der Waals surface area contributed by atoms with Gasteiger partial charge in [0.2, 0.25) is 5.91 Å².